The van der Waals surface area contributed by atoms with Crippen molar-refractivity contribution in [3.05, 3.63) is 58.0 Å². The molecule has 8 heteroatoms. The first-order valence-corrected chi connectivity index (χ1v) is 12.3. The molecule has 0 fully saturated rings. The topological polar surface area (TPSA) is 78.4 Å². The summed E-state index contributed by atoms with van der Waals surface area (Å²) in [6.45, 7) is 0. The zero-order valence-corrected chi connectivity index (χ0v) is 21.3. The van der Waals surface area contributed by atoms with Crippen LogP contribution >= 0.6 is 11.3 Å². The number of anilines is 1. The summed E-state index contributed by atoms with van der Waals surface area (Å²) in [7, 11) is 6.38. The van der Waals surface area contributed by atoms with Crippen molar-refractivity contribution in [1.82, 2.24) is 0 Å². The SMILES string of the molecule is COc1ccc(NC(=O)c2c(/N=C/c3cc(OC)c(OC)cc3OC)sc3c2CCCCC3)cc1. The number of hydrogen-bond acceptors (Lipinski definition) is 7. The molecule has 35 heavy (non-hydrogen) atoms. The van der Waals surface area contributed by atoms with Crippen LogP contribution in [0, 0.1) is 0 Å². The van der Waals surface area contributed by atoms with E-state index in [1.807, 2.05) is 30.3 Å². The smallest absolute Gasteiger partial charge is 0.259 e. The molecule has 1 aromatic heterocycles. The lowest BCUT2D eigenvalue weighted by Crippen LogP contribution is -2.13. The molecule has 0 bridgehead atoms. The van der Waals surface area contributed by atoms with Crippen molar-refractivity contribution < 1.29 is 23.7 Å². The van der Waals surface area contributed by atoms with Crippen molar-refractivity contribution in [3.63, 3.8) is 0 Å². The quantitative estimate of drug-likeness (QED) is 0.304. The molecule has 0 saturated carbocycles. The lowest BCUT2D eigenvalue weighted by atomic mass is 10.0. The molecule has 0 unspecified atom stereocenters. The molecular weight excluding hydrogens is 464 g/mol. The number of aryl methyl sites for hydroxylation is 1. The normalized spacial score (nSPS) is 13.1. The number of nitrogens with zero attached hydrogens (tertiary/aromatic N) is 1. The predicted octanol–water partition coefficient (Wildman–Crippen LogP) is 6.05. The van der Waals surface area contributed by atoms with Crippen LogP contribution in [0.15, 0.2) is 41.4 Å². The molecule has 1 aliphatic rings. The van der Waals surface area contributed by atoms with E-state index in [0.717, 1.165) is 42.6 Å². The van der Waals surface area contributed by atoms with Crippen molar-refractivity contribution in [2.24, 2.45) is 4.99 Å². The molecule has 0 radical (unpaired) electrons. The molecule has 0 saturated heterocycles. The number of amides is 1. The maximum Gasteiger partial charge on any atom is 0.259 e. The number of hydrogen-bond donors (Lipinski definition) is 1. The first-order valence-electron chi connectivity index (χ1n) is 11.5. The van der Waals surface area contributed by atoms with Gasteiger partial charge in [0.05, 0.1) is 34.0 Å². The molecule has 3 aromatic rings. The van der Waals surface area contributed by atoms with E-state index in [1.54, 1.807) is 52.1 Å². The Labute approximate surface area is 209 Å². The van der Waals surface area contributed by atoms with Crippen LogP contribution in [-0.4, -0.2) is 40.6 Å². The fourth-order valence-corrected chi connectivity index (χ4v) is 5.43. The van der Waals surface area contributed by atoms with E-state index in [2.05, 4.69) is 5.32 Å². The van der Waals surface area contributed by atoms with E-state index in [9.17, 15) is 4.79 Å². The van der Waals surface area contributed by atoms with Crippen LogP contribution in [0.4, 0.5) is 10.7 Å². The summed E-state index contributed by atoms with van der Waals surface area (Å²) in [5.74, 6) is 2.34. The van der Waals surface area contributed by atoms with Gasteiger partial charge in [-0.15, -0.1) is 11.3 Å². The largest absolute Gasteiger partial charge is 0.497 e. The summed E-state index contributed by atoms with van der Waals surface area (Å²) in [6.07, 6.45) is 6.93. The highest BCUT2D eigenvalue weighted by molar-refractivity contribution is 7.16. The van der Waals surface area contributed by atoms with Gasteiger partial charge in [0.2, 0.25) is 0 Å². The van der Waals surface area contributed by atoms with Gasteiger partial charge in [0.25, 0.3) is 5.91 Å². The Morgan fingerprint density at radius 1 is 0.886 bits per heavy atom. The molecule has 184 valence electrons. The van der Waals surface area contributed by atoms with Gasteiger partial charge in [-0.25, -0.2) is 4.99 Å². The molecule has 1 aliphatic carbocycles. The van der Waals surface area contributed by atoms with Gasteiger partial charge in [-0.05, 0) is 61.6 Å². The molecule has 0 spiro atoms. The Bertz CT molecular complexity index is 1220. The third-order valence-electron chi connectivity index (χ3n) is 6.03. The van der Waals surface area contributed by atoms with Gasteiger partial charge < -0.3 is 24.3 Å². The van der Waals surface area contributed by atoms with Gasteiger partial charge in [0.15, 0.2) is 11.5 Å². The van der Waals surface area contributed by atoms with Crippen molar-refractivity contribution in [2.45, 2.75) is 32.1 Å². The van der Waals surface area contributed by atoms with Crippen LogP contribution in [0.25, 0.3) is 0 Å². The van der Waals surface area contributed by atoms with Crippen LogP contribution in [0.3, 0.4) is 0 Å². The van der Waals surface area contributed by atoms with E-state index in [4.69, 9.17) is 23.9 Å². The Kier molecular flexibility index (Phi) is 7.92. The highest BCUT2D eigenvalue weighted by atomic mass is 32.1. The van der Waals surface area contributed by atoms with Gasteiger partial charge in [-0.1, -0.05) is 6.42 Å². The summed E-state index contributed by atoms with van der Waals surface area (Å²) in [6, 6.07) is 10.9. The second kappa shape index (κ2) is 11.3. The van der Waals surface area contributed by atoms with E-state index in [0.29, 0.717) is 33.5 Å². The van der Waals surface area contributed by atoms with Gasteiger partial charge in [-0.3, -0.25) is 4.79 Å². The first-order chi connectivity index (χ1) is 17.1. The number of fused-ring (bicyclic) bond motifs is 1. The average Bonchev–Trinajstić information content (AvgIpc) is 3.08. The standard InChI is InChI=1S/C27H30N2O5S/c1-31-19-12-10-18(11-13-19)29-26(30)25-20-8-6-5-7-9-24(20)35-27(25)28-16-17-14-22(33-3)23(34-4)15-21(17)32-2/h10-16H,5-9H2,1-4H3,(H,29,30)/b28-16+. The third-order valence-corrected chi connectivity index (χ3v) is 7.23. The van der Waals surface area contributed by atoms with Crippen LogP contribution in [-0.2, 0) is 12.8 Å². The van der Waals surface area contributed by atoms with Crippen molar-refractivity contribution in [3.8, 4) is 23.0 Å². The van der Waals surface area contributed by atoms with Gasteiger partial charge in [-0.2, -0.15) is 0 Å². The minimum atomic E-state index is -0.152. The number of carbonyl (C=O) groups is 1. The molecule has 0 atom stereocenters. The van der Waals surface area contributed by atoms with Gasteiger partial charge in [0.1, 0.15) is 16.5 Å². The second-order valence-corrected chi connectivity index (χ2v) is 9.22. The average molecular weight is 495 g/mol. The number of benzene rings is 2. The maximum absolute atomic E-state index is 13.5. The summed E-state index contributed by atoms with van der Waals surface area (Å²) in [5, 5.41) is 3.73. The van der Waals surface area contributed by atoms with Crippen LogP contribution in [0.1, 0.15) is 45.6 Å². The van der Waals surface area contributed by atoms with Crippen molar-refractivity contribution >= 4 is 34.1 Å². The second-order valence-electron chi connectivity index (χ2n) is 8.13. The maximum atomic E-state index is 13.5. The van der Waals surface area contributed by atoms with Crippen molar-refractivity contribution in [1.29, 1.82) is 0 Å². The highest BCUT2D eigenvalue weighted by Crippen LogP contribution is 2.40. The number of thiophene rings is 1. The van der Waals surface area contributed by atoms with E-state index >= 15 is 0 Å². The molecule has 2 aromatic carbocycles. The Hall–Kier alpha value is -3.52. The number of ether oxygens (including phenoxy) is 4. The van der Waals surface area contributed by atoms with Gasteiger partial charge in [0, 0.05) is 28.4 Å². The number of rotatable bonds is 8. The Morgan fingerprint density at radius 3 is 2.26 bits per heavy atom. The van der Waals surface area contributed by atoms with Crippen LogP contribution in [0.2, 0.25) is 0 Å². The fraction of sp³-hybridized carbons (Fsp3) is 0.333. The van der Waals surface area contributed by atoms with Crippen molar-refractivity contribution in [2.75, 3.05) is 33.8 Å². The molecule has 1 N–H and O–H groups in total. The van der Waals surface area contributed by atoms with E-state index in [1.165, 1.54) is 11.3 Å². The molecule has 0 aliphatic heterocycles. The molecule has 7 nitrogen and oxygen atoms in total. The molecule has 1 amide bonds. The number of aliphatic imine (C=N–C) groups is 1. The predicted molar refractivity (Wildman–Crippen MR) is 140 cm³/mol. The first kappa shape index (κ1) is 24.6. The summed E-state index contributed by atoms with van der Waals surface area (Å²) < 4.78 is 21.6. The van der Waals surface area contributed by atoms with E-state index in [-0.39, 0.29) is 5.91 Å². The highest BCUT2D eigenvalue weighted by Gasteiger charge is 2.25. The summed E-state index contributed by atoms with van der Waals surface area (Å²) in [4.78, 5) is 19.5. The zero-order valence-electron chi connectivity index (χ0n) is 20.5. The summed E-state index contributed by atoms with van der Waals surface area (Å²) in [5.41, 5.74) is 3.21. The summed E-state index contributed by atoms with van der Waals surface area (Å²) >= 11 is 1.60. The third kappa shape index (κ3) is 5.43. The zero-order chi connectivity index (χ0) is 24.8. The number of methoxy groups -OCH3 is 4. The minimum absolute atomic E-state index is 0.152. The Morgan fingerprint density at radius 2 is 1.57 bits per heavy atom. The van der Waals surface area contributed by atoms with E-state index < -0.39 is 0 Å². The van der Waals surface area contributed by atoms with Crippen LogP contribution in [0.5, 0.6) is 23.0 Å². The number of carbonyl (C=O) groups excluding carboxylic acids is 1. The Balaban J connectivity index is 1.71. The van der Waals surface area contributed by atoms with Crippen LogP contribution < -0.4 is 24.3 Å². The van der Waals surface area contributed by atoms with Gasteiger partial charge >= 0.3 is 0 Å². The lowest BCUT2D eigenvalue weighted by molar-refractivity contribution is 0.102. The monoisotopic (exact) mass is 494 g/mol. The number of nitrogens with one attached hydrogen (secondary N) is 1. The minimum Gasteiger partial charge on any atom is -0.497 e. The fourth-order valence-electron chi connectivity index (χ4n) is 4.20. The molecule has 4 rings (SSSR count). The lowest BCUT2D eigenvalue weighted by Gasteiger charge is -2.12. The molecular formula is C27H30N2O5S. The molecule has 1 heterocycles.